The van der Waals surface area contributed by atoms with E-state index in [9.17, 15) is 8.42 Å². The van der Waals surface area contributed by atoms with E-state index in [4.69, 9.17) is 8.92 Å². The van der Waals surface area contributed by atoms with Crippen LogP contribution in [0.25, 0.3) is 0 Å². The van der Waals surface area contributed by atoms with E-state index in [0.717, 1.165) is 5.56 Å². The molecule has 0 amide bonds. The molecule has 94 valence electrons. The van der Waals surface area contributed by atoms with Gasteiger partial charge in [-0.25, -0.2) is 0 Å². The van der Waals surface area contributed by atoms with E-state index in [0.29, 0.717) is 25.2 Å². The van der Waals surface area contributed by atoms with Gasteiger partial charge in [0, 0.05) is 13.0 Å². The Kier molecular flexibility index (Phi) is 3.51. The fourth-order valence-corrected chi connectivity index (χ4v) is 3.20. The minimum atomic E-state index is -3.67. The molecule has 0 bridgehead atoms. The molecule has 2 rings (SSSR count). The van der Waals surface area contributed by atoms with Crippen LogP contribution >= 0.6 is 0 Å². The molecule has 4 nitrogen and oxygen atoms in total. The number of hydrogen-bond acceptors (Lipinski definition) is 4. The van der Waals surface area contributed by atoms with Crippen LogP contribution in [-0.4, -0.2) is 27.7 Å². The standard InChI is InChI=1S/C12H16O4S/c1-9-3-4-12(10(2)7-9)17(13,14)16-11-5-6-15-8-11/h3-4,7,11H,5-6,8H2,1-2H3. The Hall–Kier alpha value is -0.910. The Morgan fingerprint density at radius 1 is 1.35 bits per heavy atom. The molecule has 5 heteroatoms. The van der Waals surface area contributed by atoms with Gasteiger partial charge in [0.2, 0.25) is 0 Å². The highest BCUT2D eigenvalue weighted by molar-refractivity contribution is 7.86. The van der Waals surface area contributed by atoms with Crippen molar-refractivity contribution in [3.05, 3.63) is 29.3 Å². The van der Waals surface area contributed by atoms with Gasteiger partial charge in [0.05, 0.1) is 11.5 Å². The normalized spacial score (nSPS) is 20.7. The lowest BCUT2D eigenvalue weighted by atomic mass is 10.2. The average molecular weight is 256 g/mol. The molecule has 1 aromatic carbocycles. The summed E-state index contributed by atoms with van der Waals surface area (Å²) < 4.78 is 34.3. The molecular weight excluding hydrogens is 240 g/mol. The predicted octanol–water partition coefficient (Wildman–Crippen LogP) is 1.80. The van der Waals surface area contributed by atoms with Crippen molar-refractivity contribution in [3.8, 4) is 0 Å². The van der Waals surface area contributed by atoms with Crippen LogP contribution < -0.4 is 0 Å². The molecule has 0 saturated carbocycles. The van der Waals surface area contributed by atoms with E-state index in [1.54, 1.807) is 19.1 Å². The molecule has 1 aromatic rings. The third-order valence-electron chi connectivity index (χ3n) is 2.75. The lowest BCUT2D eigenvalue weighted by Crippen LogP contribution is -2.19. The first-order valence-electron chi connectivity index (χ1n) is 5.57. The fraction of sp³-hybridized carbons (Fsp3) is 0.500. The second kappa shape index (κ2) is 4.76. The second-order valence-corrected chi connectivity index (χ2v) is 5.85. The maximum Gasteiger partial charge on any atom is 0.297 e. The van der Waals surface area contributed by atoms with Crippen LogP contribution in [0.15, 0.2) is 23.1 Å². The minimum absolute atomic E-state index is 0.245. The zero-order valence-corrected chi connectivity index (χ0v) is 10.8. The molecule has 1 atom stereocenters. The minimum Gasteiger partial charge on any atom is -0.379 e. The Morgan fingerprint density at radius 3 is 2.71 bits per heavy atom. The quantitative estimate of drug-likeness (QED) is 0.774. The average Bonchev–Trinajstić information content (AvgIpc) is 2.68. The molecular formula is C12H16O4S. The van der Waals surface area contributed by atoms with Gasteiger partial charge in [-0.15, -0.1) is 0 Å². The van der Waals surface area contributed by atoms with Gasteiger partial charge in [-0.3, -0.25) is 4.18 Å². The summed E-state index contributed by atoms with van der Waals surface area (Å²) in [6, 6.07) is 5.20. The first-order valence-corrected chi connectivity index (χ1v) is 6.98. The summed E-state index contributed by atoms with van der Waals surface area (Å²) in [5, 5.41) is 0. The van der Waals surface area contributed by atoms with Crippen LogP contribution in [0.3, 0.4) is 0 Å². The van der Waals surface area contributed by atoms with Crippen LogP contribution in [0.4, 0.5) is 0 Å². The van der Waals surface area contributed by atoms with E-state index in [2.05, 4.69) is 0 Å². The van der Waals surface area contributed by atoms with E-state index in [1.165, 1.54) is 0 Å². The Bertz CT molecular complexity index is 501. The summed E-state index contributed by atoms with van der Waals surface area (Å²) in [6.45, 7) is 4.61. The summed E-state index contributed by atoms with van der Waals surface area (Å²) in [5.41, 5.74) is 1.74. The van der Waals surface area contributed by atoms with Gasteiger partial charge in [-0.2, -0.15) is 8.42 Å². The molecule has 1 aliphatic heterocycles. The van der Waals surface area contributed by atoms with E-state index in [1.807, 2.05) is 13.0 Å². The second-order valence-electron chi connectivity index (χ2n) is 4.30. The molecule has 0 spiro atoms. The van der Waals surface area contributed by atoms with Gasteiger partial charge in [-0.05, 0) is 25.5 Å². The number of hydrogen-bond donors (Lipinski definition) is 0. The molecule has 0 N–H and O–H groups in total. The molecule has 0 radical (unpaired) electrons. The van der Waals surface area contributed by atoms with Crippen molar-refractivity contribution in [2.24, 2.45) is 0 Å². The zero-order chi connectivity index (χ0) is 12.5. The smallest absolute Gasteiger partial charge is 0.297 e. The third kappa shape index (κ3) is 2.86. The van der Waals surface area contributed by atoms with Crippen molar-refractivity contribution in [2.45, 2.75) is 31.3 Å². The number of aryl methyl sites for hydroxylation is 2. The maximum absolute atomic E-state index is 12.0. The van der Waals surface area contributed by atoms with E-state index >= 15 is 0 Å². The van der Waals surface area contributed by atoms with E-state index in [-0.39, 0.29) is 11.0 Å². The molecule has 1 saturated heterocycles. The molecule has 1 fully saturated rings. The van der Waals surface area contributed by atoms with Gasteiger partial charge in [0.25, 0.3) is 10.1 Å². The summed E-state index contributed by atoms with van der Waals surface area (Å²) in [4.78, 5) is 0.245. The van der Waals surface area contributed by atoms with E-state index < -0.39 is 10.1 Å². The van der Waals surface area contributed by atoms with Crippen molar-refractivity contribution < 1.29 is 17.3 Å². The summed E-state index contributed by atoms with van der Waals surface area (Å²) >= 11 is 0. The van der Waals surface area contributed by atoms with Crippen molar-refractivity contribution in [1.82, 2.24) is 0 Å². The SMILES string of the molecule is Cc1ccc(S(=O)(=O)OC2CCOC2)c(C)c1. The lowest BCUT2D eigenvalue weighted by molar-refractivity contribution is 0.145. The largest absolute Gasteiger partial charge is 0.379 e. The molecule has 1 heterocycles. The van der Waals surface area contributed by atoms with Crippen molar-refractivity contribution in [2.75, 3.05) is 13.2 Å². The van der Waals surface area contributed by atoms with Crippen LogP contribution in [0.5, 0.6) is 0 Å². The van der Waals surface area contributed by atoms with Gasteiger partial charge in [0.15, 0.2) is 0 Å². The van der Waals surface area contributed by atoms with Gasteiger partial charge >= 0.3 is 0 Å². The highest BCUT2D eigenvalue weighted by Gasteiger charge is 2.26. The molecule has 0 aliphatic carbocycles. The summed E-state index contributed by atoms with van der Waals surface area (Å²) in [5.74, 6) is 0. The molecule has 0 aromatic heterocycles. The molecule has 1 aliphatic rings. The highest BCUT2D eigenvalue weighted by atomic mass is 32.2. The maximum atomic E-state index is 12.0. The Balaban J connectivity index is 2.24. The van der Waals surface area contributed by atoms with Gasteiger partial charge in [-0.1, -0.05) is 17.7 Å². The first-order chi connectivity index (χ1) is 7.99. The van der Waals surface area contributed by atoms with Crippen molar-refractivity contribution in [1.29, 1.82) is 0 Å². The van der Waals surface area contributed by atoms with Gasteiger partial charge < -0.3 is 4.74 Å². The van der Waals surface area contributed by atoms with Crippen molar-refractivity contribution >= 4 is 10.1 Å². The monoisotopic (exact) mass is 256 g/mol. The first kappa shape index (κ1) is 12.5. The zero-order valence-electron chi connectivity index (χ0n) is 9.97. The third-order valence-corrected chi connectivity index (χ3v) is 4.27. The molecule has 1 unspecified atom stereocenters. The fourth-order valence-electron chi connectivity index (χ4n) is 1.90. The summed E-state index contributed by atoms with van der Waals surface area (Å²) in [6.07, 6.45) is 0.283. The van der Waals surface area contributed by atoms with Crippen LogP contribution in [0.2, 0.25) is 0 Å². The Labute approximate surface area is 102 Å². The van der Waals surface area contributed by atoms with Crippen LogP contribution in [0.1, 0.15) is 17.5 Å². The Morgan fingerprint density at radius 2 is 2.12 bits per heavy atom. The predicted molar refractivity (Wildman–Crippen MR) is 63.4 cm³/mol. The molecule has 17 heavy (non-hydrogen) atoms. The number of ether oxygens (including phenoxy) is 1. The van der Waals surface area contributed by atoms with Crippen molar-refractivity contribution in [3.63, 3.8) is 0 Å². The van der Waals surface area contributed by atoms with Crippen LogP contribution in [0, 0.1) is 13.8 Å². The summed E-state index contributed by atoms with van der Waals surface area (Å²) in [7, 11) is -3.67. The topological polar surface area (TPSA) is 52.6 Å². The van der Waals surface area contributed by atoms with Crippen LogP contribution in [-0.2, 0) is 19.0 Å². The number of rotatable bonds is 3. The number of benzene rings is 1. The lowest BCUT2D eigenvalue weighted by Gasteiger charge is -2.12. The highest BCUT2D eigenvalue weighted by Crippen LogP contribution is 2.22. The van der Waals surface area contributed by atoms with Gasteiger partial charge in [0.1, 0.15) is 6.10 Å².